The zero-order valence-electron chi connectivity index (χ0n) is 9.39. The maximum atomic E-state index is 11.4. The number of amides is 1. The predicted octanol–water partition coefficient (Wildman–Crippen LogP) is 2.65. The number of rotatable bonds is 1. The monoisotopic (exact) mass is 284 g/mol. The van der Waals surface area contributed by atoms with Crippen LogP contribution >= 0.6 is 15.9 Å². The lowest BCUT2D eigenvalue weighted by Crippen LogP contribution is -2.64. The topological polar surface area (TPSA) is 52.9 Å². The first-order valence-corrected chi connectivity index (χ1v) is 6.82. The van der Waals surface area contributed by atoms with Crippen molar-refractivity contribution in [3.8, 4) is 6.07 Å². The van der Waals surface area contributed by atoms with Crippen molar-refractivity contribution in [2.45, 2.75) is 61.2 Å². The van der Waals surface area contributed by atoms with Crippen molar-refractivity contribution in [2.75, 3.05) is 0 Å². The van der Waals surface area contributed by atoms with Crippen LogP contribution in [-0.4, -0.2) is 15.8 Å². The van der Waals surface area contributed by atoms with E-state index in [4.69, 9.17) is 5.26 Å². The van der Waals surface area contributed by atoms with Crippen LogP contribution in [0.4, 0.5) is 0 Å². The molecular weight excluding hydrogens is 268 g/mol. The molecule has 3 nitrogen and oxygen atoms in total. The molecule has 0 atom stereocenters. The van der Waals surface area contributed by atoms with Crippen molar-refractivity contribution in [1.29, 1.82) is 5.26 Å². The van der Waals surface area contributed by atoms with E-state index in [0.717, 1.165) is 38.5 Å². The third-order valence-corrected chi connectivity index (χ3v) is 5.72. The maximum Gasteiger partial charge on any atom is 0.322 e. The molecule has 2 saturated carbocycles. The van der Waals surface area contributed by atoms with Crippen molar-refractivity contribution in [3.05, 3.63) is 0 Å². The number of nitriles is 1. The highest BCUT2D eigenvalue weighted by molar-refractivity contribution is 9.10. The fourth-order valence-corrected chi connectivity index (χ4v) is 4.38. The highest BCUT2D eigenvalue weighted by Gasteiger charge is 2.53. The standard InChI is InChI=1S/C12H17BrN2O/c13-11-5-1-3-7-12(11,8-4-2-6-11)15-10(16)9-14/h1-8H2,(H,15,16). The molecule has 2 rings (SSSR count). The number of halogens is 1. The summed E-state index contributed by atoms with van der Waals surface area (Å²) in [6.45, 7) is 0. The lowest BCUT2D eigenvalue weighted by molar-refractivity contribution is -0.119. The van der Waals surface area contributed by atoms with Gasteiger partial charge in [0.05, 0.1) is 5.54 Å². The Kier molecular flexibility index (Phi) is 3.25. The Hall–Kier alpha value is -0.560. The van der Waals surface area contributed by atoms with Crippen LogP contribution in [0.15, 0.2) is 0 Å². The van der Waals surface area contributed by atoms with Crippen LogP contribution in [0.3, 0.4) is 0 Å². The Labute approximate surface area is 105 Å². The lowest BCUT2D eigenvalue weighted by atomic mass is 9.65. The smallest absolute Gasteiger partial charge is 0.322 e. The molecule has 1 amide bonds. The van der Waals surface area contributed by atoms with E-state index in [1.165, 1.54) is 12.8 Å². The van der Waals surface area contributed by atoms with Gasteiger partial charge in [0, 0.05) is 4.32 Å². The summed E-state index contributed by atoms with van der Waals surface area (Å²) in [6, 6.07) is 1.69. The van der Waals surface area contributed by atoms with Gasteiger partial charge in [-0.3, -0.25) is 4.79 Å². The number of alkyl halides is 1. The zero-order chi connectivity index (χ0) is 11.6. The number of fused-ring (bicyclic) bond motifs is 1. The van der Waals surface area contributed by atoms with Gasteiger partial charge in [0.2, 0.25) is 0 Å². The summed E-state index contributed by atoms with van der Waals surface area (Å²) in [5.74, 6) is -0.479. The fourth-order valence-electron chi connectivity index (χ4n) is 3.32. The first-order chi connectivity index (χ1) is 7.62. The van der Waals surface area contributed by atoms with Crippen LogP contribution in [-0.2, 0) is 4.79 Å². The van der Waals surface area contributed by atoms with Gasteiger partial charge in [0.1, 0.15) is 0 Å². The highest BCUT2D eigenvalue weighted by Crippen LogP contribution is 2.52. The summed E-state index contributed by atoms with van der Waals surface area (Å²) in [5, 5.41) is 11.6. The molecule has 0 heterocycles. The van der Waals surface area contributed by atoms with Crippen molar-refractivity contribution in [2.24, 2.45) is 0 Å². The summed E-state index contributed by atoms with van der Waals surface area (Å²) >= 11 is 3.86. The molecule has 2 fully saturated rings. The van der Waals surface area contributed by atoms with Crippen LogP contribution in [0.25, 0.3) is 0 Å². The van der Waals surface area contributed by atoms with Gasteiger partial charge < -0.3 is 5.32 Å². The average molecular weight is 285 g/mol. The van der Waals surface area contributed by atoms with Crippen molar-refractivity contribution in [1.82, 2.24) is 5.32 Å². The van der Waals surface area contributed by atoms with E-state index in [-0.39, 0.29) is 9.86 Å². The van der Waals surface area contributed by atoms with E-state index < -0.39 is 5.91 Å². The number of nitrogens with one attached hydrogen (secondary N) is 1. The van der Waals surface area contributed by atoms with Crippen LogP contribution in [0.1, 0.15) is 51.4 Å². The zero-order valence-corrected chi connectivity index (χ0v) is 11.0. The SMILES string of the molecule is N#CC(=O)NC12CCCCC1(Br)CCCC2. The van der Waals surface area contributed by atoms with Crippen molar-refractivity contribution in [3.63, 3.8) is 0 Å². The second kappa shape index (κ2) is 4.37. The van der Waals surface area contributed by atoms with E-state index in [9.17, 15) is 4.79 Å². The van der Waals surface area contributed by atoms with E-state index >= 15 is 0 Å². The molecule has 0 unspecified atom stereocenters. The summed E-state index contributed by atoms with van der Waals surface area (Å²) in [4.78, 5) is 11.4. The number of carbonyl (C=O) groups is 1. The summed E-state index contributed by atoms with van der Waals surface area (Å²) in [7, 11) is 0. The van der Waals surface area contributed by atoms with Gasteiger partial charge in [0.15, 0.2) is 6.07 Å². The van der Waals surface area contributed by atoms with Crippen LogP contribution < -0.4 is 5.32 Å². The van der Waals surface area contributed by atoms with E-state index in [2.05, 4.69) is 21.2 Å². The van der Waals surface area contributed by atoms with Gasteiger partial charge in [-0.15, -0.1) is 0 Å². The summed E-state index contributed by atoms with van der Waals surface area (Å²) in [6.07, 6.45) is 8.97. The maximum absolute atomic E-state index is 11.4. The lowest BCUT2D eigenvalue weighted by Gasteiger charge is -2.53. The quantitative estimate of drug-likeness (QED) is 0.595. The largest absolute Gasteiger partial charge is 0.337 e. The molecule has 4 heteroatoms. The van der Waals surface area contributed by atoms with E-state index in [1.54, 1.807) is 6.07 Å². The van der Waals surface area contributed by atoms with Crippen molar-refractivity contribution < 1.29 is 4.79 Å². The number of hydrogen-bond donors (Lipinski definition) is 1. The Bertz CT molecular complexity index is 322. The first-order valence-electron chi connectivity index (χ1n) is 6.03. The van der Waals surface area contributed by atoms with Crippen LogP contribution in [0.2, 0.25) is 0 Å². The minimum absolute atomic E-state index is 0.0308. The number of hydrogen-bond acceptors (Lipinski definition) is 2. The molecule has 2 aliphatic carbocycles. The first kappa shape index (κ1) is 11.9. The molecule has 0 bridgehead atoms. The Morgan fingerprint density at radius 3 is 2.12 bits per heavy atom. The Morgan fingerprint density at radius 1 is 1.12 bits per heavy atom. The molecule has 0 aliphatic heterocycles. The molecule has 16 heavy (non-hydrogen) atoms. The Morgan fingerprint density at radius 2 is 1.62 bits per heavy atom. The van der Waals surface area contributed by atoms with Gasteiger partial charge in [-0.2, -0.15) is 5.26 Å². The van der Waals surface area contributed by atoms with Gasteiger partial charge in [-0.05, 0) is 25.7 Å². The molecule has 0 radical (unpaired) electrons. The highest BCUT2D eigenvalue weighted by atomic mass is 79.9. The fraction of sp³-hybridized carbons (Fsp3) is 0.833. The molecule has 2 aliphatic rings. The van der Waals surface area contributed by atoms with Crippen molar-refractivity contribution >= 4 is 21.8 Å². The third kappa shape index (κ3) is 1.86. The average Bonchev–Trinajstić information content (AvgIpc) is 2.29. The third-order valence-electron chi connectivity index (χ3n) is 4.17. The van der Waals surface area contributed by atoms with Gasteiger partial charge in [0.25, 0.3) is 0 Å². The van der Waals surface area contributed by atoms with Gasteiger partial charge >= 0.3 is 5.91 Å². The molecule has 1 N–H and O–H groups in total. The second-order valence-electron chi connectivity index (χ2n) is 5.03. The van der Waals surface area contributed by atoms with Crippen LogP contribution in [0.5, 0.6) is 0 Å². The molecule has 0 aromatic rings. The van der Waals surface area contributed by atoms with E-state index in [1.807, 2.05) is 0 Å². The molecule has 0 aromatic heterocycles. The molecule has 0 saturated heterocycles. The van der Waals surface area contributed by atoms with Crippen LogP contribution in [0, 0.1) is 11.3 Å². The van der Waals surface area contributed by atoms with Gasteiger partial charge in [-0.1, -0.05) is 41.6 Å². The molecule has 0 spiro atoms. The number of nitrogens with zero attached hydrogens (tertiary/aromatic N) is 1. The molecule has 88 valence electrons. The second-order valence-corrected chi connectivity index (χ2v) is 6.55. The summed E-state index contributed by atoms with van der Waals surface area (Å²) in [5.41, 5.74) is -0.170. The number of carbonyl (C=O) groups excluding carboxylic acids is 1. The predicted molar refractivity (Wildman–Crippen MR) is 65.1 cm³/mol. The summed E-state index contributed by atoms with van der Waals surface area (Å²) < 4.78 is 0.0308. The molecule has 0 aromatic carbocycles. The van der Waals surface area contributed by atoms with E-state index in [0.29, 0.717) is 0 Å². The molecular formula is C12H17BrN2O. The normalized spacial score (nSPS) is 38.2. The minimum atomic E-state index is -0.479. The Balaban J connectivity index is 2.24. The van der Waals surface area contributed by atoms with Gasteiger partial charge in [-0.25, -0.2) is 0 Å². The minimum Gasteiger partial charge on any atom is -0.337 e.